The lowest BCUT2D eigenvalue weighted by Crippen LogP contribution is -2.36. The number of fused-ring (bicyclic) bond motifs is 1. The fourth-order valence-electron chi connectivity index (χ4n) is 4.83. The molecule has 1 aliphatic heterocycles. The van der Waals surface area contributed by atoms with Crippen molar-refractivity contribution in [1.82, 2.24) is 20.3 Å². The molecule has 1 amide bonds. The summed E-state index contributed by atoms with van der Waals surface area (Å²) in [5.41, 5.74) is 5.73. The number of thioether (sulfide) groups is 1. The average molecular weight is 529 g/mol. The molecule has 4 aromatic rings. The summed E-state index contributed by atoms with van der Waals surface area (Å²) in [7, 11) is 1.65. The Morgan fingerprint density at radius 1 is 1.08 bits per heavy atom. The molecule has 0 spiro atoms. The van der Waals surface area contributed by atoms with Crippen molar-refractivity contribution in [2.45, 2.75) is 5.92 Å². The Morgan fingerprint density at radius 2 is 1.89 bits per heavy atom. The number of hydrogen-bond acceptors (Lipinski definition) is 8. The van der Waals surface area contributed by atoms with Gasteiger partial charge in [-0.1, -0.05) is 30.3 Å². The molecule has 1 atom stereocenters. The third kappa shape index (κ3) is 5.74. The molecule has 2 aromatic heterocycles. The molecule has 1 saturated heterocycles. The molecule has 1 fully saturated rings. The SMILES string of the molecule is CNC(=O)c1ccnc2c(C(CNc3cc(-c4ccc(N5CCOCC5)cc4)ncn3)CSC)cccc12. The lowest BCUT2D eigenvalue weighted by atomic mass is 9.95. The van der Waals surface area contributed by atoms with Gasteiger partial charge in [-0.25, -0.2) is 9.97 Å². The van der Waals surface area contributed by atoms with Crippen molar-refractivity contribution in [2.24, 2.45) is 0 Å². The second kappa shape index (κ2) is 12.2. The summed E-state index contributed by atoms with van der Waals surface area (Å²) in [6.07, 6.45) is 5.41. The van der Waals surface area contributed by atoms with Crippen LogP contribution < -0.4 is 15.5 Å². The van der Waals surface area contributed by atoms with E-state index in [0.717, 1.165) is 65.6 Å². The minimum absolute atomic E-state index is 0.111. The van der Waals surface area contributed by atoms with E-state index in [9.17, 15) is 4.79 Å². The molecule has 1 unspecified atom stereocenters. The lowest BCUT2D eigenvalue weighted by molar-refractivity contribution is 0.0964. The maximum Gasteiger partial charge on any atom is 0.251 e. The number of aromatic nitrogens is 3. The van der Waals surface area contributed by atoms with Gasteiger partial charge in [-0.3, -0.25) is 9.78 Å². The Kier molecular flexibility index (Phi) is 8.35. The first kappa shape index (κ1) is 25.9. The van der Waals surface area contributed by atoms with Gasteiger partial charge >= 0.3 is 0 Å². The standard InChI is InChI=1S/C29H32N6O2S/c1-30-29(36)25-10-11-31-28-23(4-3-5-24(25)28)21(18-38-2)17-32-27-16-26(33-19-34-27)20-6-8-22(9-7-20)35-12-14-37-15-13-35/h3-11,16,19,21H,12-15,17-18H2,1-2H3,(H,30,36)(H,32,33,34). The third-order valence-corrected chi connectivity index (χ3v) is 7.55. The molecule has 0 bridgehead atoms. The molecule has 2 aromatic carbocycles. The zero-order valence-electron chi connectivity index (χ0n) is 21.7. The molecule has 196 valence electrons. The number of hydrogen-bond donors (Lipinski definition) is 2. The number of benzene rings is 2. The predicted molar refractivity (Wildman–Crippen MR) is 155 cm³/mol. The van der Waals surface area contributed by atoms with Crippen LogP contribution in [0, 0.1) is 0 Å². The summed E-state index contributed by atoms with van der Waals surface area (Å²) < 4.78 is 5.46. The number of morpholine rings is 1. The summed E-state index contributed by atoms with van der Waals surface area (Å²) in [6, 6.07) is 18.3. The van der Waals surface area contributed by atoms with Gasteiger partial charge in [0.25, 0.3) is 5.91 Å². The fraction of sp³-hybridized carbons (Fsp3) is 0.310. The summed E-state index contributed by atoms with van der Waals surface area (Å²) in [5, 5.41) is 7.11. The Bertz CT molecular complexity index is 1390. The highest BCUT2D eigenvalue weighted by Gasteiger charge is 2.18. The van der Waals surface area contributed by atoms with Crippen LogP contribution in [0.5, 0.6) is 0 Å². The van der Waals surface area contributed by atoms with Crippen molar-refractivity contribution in [3.05, 3.63) is 78.2 Å². The van der Waals surface area contributed by atoms with E-state index in [1.165, 1.54) is 5.69 Å². The van der Waals surface area contributed by atoms with Crippen molar-refractivity contribution in [3.63, 3.8) is 0 Å². The number of ether oxygens (including phenoxy) is 1. The molecule has 3 heterocycles. The van der Waals surface area contributed by atoms with Gasteiger partial charge in [0.2, 0.25) is 0 Å². The topological polar surface area (TPSA) is 92.3 Å². The first-order chi connectivity index (χ1) is 18.7. The number of carbonyl (C=O) groups is 1. The van der Waals surface area contributed by atoms with E-state index in [4.69, 9.17) is 4.74 Å². The quantitative estimate of drug-likeness (QED) is 0.329. The van der Waals surface area contributed by atoms with Gasteiger partial charge in [-0.15, -0.1) is 0 Å². The number of pyridine rings is 1. The van der Waals surface area contributed by atoms with Crippen LogP contribution in [0.1, 0.15) is 21.8 Å². The monoisotopic (exact) mass is 528 g/mol. The van der Waals surface area contributed by atoms with E-state index >= 15 is 0 Å². The maximum atomic E-state index is 12.4. The number of nitrogens with zero attached hydrogens (tertiary/aromatic N) is 4. The maximum absolute atomic E-state index is 12.4. The largest absolute Gasteiger partial charge is 0.378 e. The van der Waals surface area contributed by atoms with Crippen molar-refractivity contribution in [3.8, 4) is 11.3 Å². The zero-order valence-corrected chi connectivity index (χ0v) is 22.5. The van der Waals surface area contributed by atoms with Crippen LogP contribution in [-0.2, 0) is 4.74 Å². The van der Waals surface area contributed by atoms with Crippen LogP contribution in [0.15, 0.2) is 67.1 Å². The van der Waals surface area contributed by atoms with Crippen molar-refractivity contribution < 1.29 is 9.53 Å². The van der Waals surface area contributed by atoms with Gasteiger partial charge < -0.3 is 20.3 Å². The molecule has 0 aliphatic carbocycles. The number of carbonyl (C=O) groups excluding carboxylic acids is 1. The van der Waals surface area contributed by atoms with Crippen LogP contribution >= 0.6 is 11.8 Å². The second-order valence-electron chi connectivity index (χ2n) is 9.15. The van der Waals surface area contributed by atoms with Gasteiger partial charge in [0.15, 0.2) is 0 Å². The molecule has 9 heteroatoms. The molecule has 5 rings (SSSR count). The fourth-order valence-corrected chi connectivity index (χ4v) is 5.52. The number of anilines is 2. The first-order valence-corrected chi connectivity index (χ1v) is 14.1. The van der Waals surface area contributed by atoms with Gasteiger partial charge in [0, 0.05) is 67.3 Å². The van der Waals surface area contributed by atoms with Crippen LogP contribution in [0.3, 0.4) is 0 Å². The molecule has 0 saturated carbocycles. The van der Waals surface area contributed by atoms with E-state index < -0.39 is 0 Å². The number of para-hydroxylation sites is 1. The normalized spacial score (nSPS) is 14.3. The highest BCUT2D eigenvalue weighted by atomic mass is 32.2. The van der Waals surface area contributed by atoms with Gasteiger partial charge in [0.1, 0.15) is 12.1 Å². The van der Waals surface area contributed by atoms with Crippen LogP contribution in [-0.4, -0.2) is 72.8 Å². The zero-order chi connectivity index (χ0) is 26.3. The summed E-state index contributed by atoms with van der Waals surface area (Å²) in [4.78, 5) is 28.4. The Balaban J connectivity index is 1.34. The molecule has 38 heavy (non-hydrogen) atoms. The van der Waals surface area contributed by atoms with Crippen molar-refractivity contribution >= 4 is 40.1 Å². The number of rotatable bonds is 9. The molecule has 1 aliphatic rings. The lowest BCUT2D eigenvalue weighted by Gasteiger charge is -2.28. The van der Waals surface area contributed by atoms with E-state index in [2.05, 4.69) is 67.1 Å². The number of amides is 1. The van der Waals surface area contributed by atoms with Crippen molar-refractivity contribution in [1.29, 1.82) is 0 Å². The Hall–Kier alpha value is -3.69. The smallest absolute Gasteiger partial charge is 0.251 e. The highest BCUT2D eigenvalue weighted by molar-refractivity contribution is 7.98. The predicted octanol–water partition coefficient (Wildman–Crippen LogP) is 4.45. The molecule has 0 radical (unpaired) electrons. The van der Waals surface area contributed by atoms with Crippen molar-refractivity contribution in [2.75, 3.05) is 62.1 Å². The van der Waals surface area contributed by atoms with E-state index in [-0.39, 0.29) is 11.8 Å². The van der Waals surface area contributed by atoms with E-state index in [0.29, 0.717) is 12.1 Å². The Morgan fingerprint density at radius 3 is 2.66 bits per heavy atom. The van der Waals surface area contributed by atoms with Crippen LogP contribution in [0.4, 0.5) is 11.5 Å². The minimum atomic E-state index is -0.111. The minimum Gasteiger partial charge on any atom is -0.378 e. The van der Waals surface area contributed by atoms with E-state index in [1.54, 1.807) is 37.4 Å². The average Bonchev–Trinajstić information content (AvgIpc) is 2.99. The van der Waals surface area contributed by atoms with Gasteiger partial charge in [-0.2, -0.15) is 11.8 Å². The highest BCUT2D eigenvalue weighted by Crippen LogP contribution is 2.29. The third-order valence-electron chi connectivity index (χ3n) is 6.82. The van der Waals surface area contributed by atoms with Gasteiger partial charge in [-0.05, 0) is 30.0 Å². The van der Waals surface area contributed by atoms with Crippen LogP contribution in [0.25, 0.3) is 22.2 Å². The second-order valence-corrected chi connectivity index (χ2v) is 10.1. The molecule has 8 nitrogen and oxygen atoms in total. The molecular weight excluding hydrogens is 496 g/mol. The first-order valence-electron chi connectivity index (χ1n) is 12.8. The van der Waals surface area contributed by atoms with E-state index in [1.807, 2.05) is 18.2 Å². The molecular formula is C29H32N6O2S. The summed E-state index contributed by atoms with van der Waals surface area (Å²) in [6.45, 7) is 4.04. The summed E-state index contributed by atoms with van der Waals surface area (Å²) >= 11 is 1.78. The molecule has 2 N–H and O–H groups in total. The van der Waals surface area contributed by atoms with Crippen LogP contribution in [0.2, 0.25) is 0 Å². The summed E-state index contributed by atoms with van der Waals surface area (Å²) in [5.74, 6) is 1.74. The number of nitrogens with one attached hydrogen (secondary N) is 2. The Labute approximate surface area is 227 Å². The van der Waals surface area contributed by atoms with Gasteiger partial charge in [0.05, 0.1) is 30.0 Å².